The number of carbonyl (C=O) groups excluding carboxylic acids is 1. The zero-order chi connectivity index (χ0) is 16.8. The highest BCUT2D eigenvalue weighted by molar-refractivity contribution is 5.93. The molecule has 0 bridgehead atoms. The molecule has 0 spiro atoms. The standard InChI is InChI=1S/C20H18N2O2/c21-19-12-11-18(24-17-9-5-2-6-10-17)13-15(19)14-20(23)22-16-7-3-1-4-8-16/h1-13H,14,21H2,(H,22,23). The fourth-order valence-corrected chi connectivity index (χ4v) is 2.32. The number of nitrogens with one attached hydrogen (secondary N) is 1. The Bertz CT molecular complexity index is 818. The van der Waals surface area contributed by atoms with E-state index in [4.69, 9.17) is 10.5 Å². The lowest BCUT2D eigenvalue weighted by Crippen LogP contribution is -2.15. The Morgan fingerprint density at radius 2 is 1.54 bits per heavy atom. The third-order valence-corrected chi connectivity index (χ3v) is 3.50. The molecular weight excluding hydrogens is 300 g/mol. The molecule has 0 saturated carbocycles. The van der Waals surface area contributed by atoms with Gasteiger partial charge in [-0.1, -0.05) is 36.4 Å². The van der Waals surface area contributed by atoms with E-state index in [-0.39, 0.29) is 12.3 Å². The lowest BCUT2D eigenvalue weighted by molar-refractivity contribution is -0.115. The molecule has 0 fully saturated rings. The van der Waals surface area contributed by atoms with E-state index >= 15 is 0 Å². The van der Waals surface area contributed by atoms with Crippen LogP contribution in [0.3, 0.4) is 0 Å². The number of rotatable bonds is 5. The van der Waals surface area contributed by atoms with E-state index in [1.54, 1.807) is 18.2 Å². The minimum absolute atomic E-state index is 0.121. The molecule has 3 aromatic carbocycles. The zero-order valence-electron chi connectivity index (χ0n) is 13.1. The van der Waals surface area contributed by atoms with Crippen LogP contribution >= 0.6 is 0 Å². The molecule has 0 aliphatic rings. The van der Waals surface area contributed by atoms with E-state index < -0.39 is 0 Å². The van der Waals surface area contributed by atoms with Crippen LogP contribution in [0.5, 0.6) is 11.5 Å². The van der Waals surface area contributed by atoms with Gasteiger partial charge in [-0.05, 0) is 48.0 Å². The van der Waals surface area contributed by atoms with Crippen molar-refractivity contribution in [3.8, 4) is 11.5 Å². The van der Waals surface area contributed by atoms with Crippen LogP contribution in [0.1, 0.15) is 5.56 Å². The molecule has 0 radical (unpaired) electrons. The molecule has 120 valence electrons. The fourth-order valence-electron chi connectivity index (χ4n) is 2.32. The normalized spacial score (nSPS) is 10.2. The van der Waals surface area contributed by atoms with Crippen LogP contribution < -0.4 is 15.8 Å². The average Bonchev–Trinajstić information content (AvgIpc) is 2.60. The number of anilines is 2. The lowest BCUT2D eigenvalue weighted by atomic mass is 10.1. The van der Waals surface area contributed by atoms with Crippen LogP contribution in [0.4, 0.5) is 11.4 Å². The molecule has 24 heavy (non-hydrogen) atoms. The summed E-state index contributed by atoms with van der Waals surface area (Å²) in [5.41, 5.74) is 8.05. The number of para-hydroxylation sites is 2. The number of nitrogen functional groups attached to an aromatic ring is 1. The summed E-state index contributed by atoms with van der Waals surface area (Å²) in [7, 11) is 0. The smallest absolute Gasteiger partial charge is 0.228 e. The Kier molecular flexibility index (Phi) is 4.77. The molecule has 3 N–H and O–H groups in total. The monoisotopic (exact) mass is 318 g/mol. The Labute approximate surface area is 140 Å². The van der Waals surface area contributed by atoms with Gasteiger partial charge in [-0.2, -0.15) is 0 Å². The van der Waals surface area contributed by atoms with Crippen molar-refractivity contribution in [2.75, 3.05) is 11.1 Å². The van der Waals surface area contributed by atoms with Gasteiger partial charge in [0.2, 0.25) is 5.91 Å². The SMILES string of the molecule is Nc1ccc(Oc2ccccc2)cc1CC(=O)Nc1ccccc1. The van der Waals surface area contributed by atoms with E-state index in [2.05, 4.69) is 5.32 Å². The van der Waals surface area contributed by atoms with E-state index in [0.29, 0.717) is 11.4 Å². The fraction of sp³-hybridized carbons (Fsp3) is 0.0500. The molecule has 0 aromatic heterocycles. The van der Waals surface area contributed by atoms with Crippen LogP contribution in [-0.4, -0.2) is 5.91 Å². The summed E-state index contributed by atoms with van der Waals surface area (Å²) in [5, 5.41) is 2.85. The topological polar surface area (TPSA) is 64.3 Å². The highest BCUT2D eigenvalue weighted by atomic mass is 16.5. The predicted molar refractivity (Wildman–Crippen MR) is 96.1 cm³/mol. The first-order chi connectivity index (χ1) is 11.7. The van der Waals surface area contributed by atoms with Gasteiger partial charge in [0.1, 0.15) is 11.5 Å². The summed E-state index contributed by atoms with van der Waals surface area (Å²) in [6.45, 7) is 0. The summed E-state index contributed by atoms with van der Waals surface area (Å²) in [4.78, 5) is 12.2. The molecule has 4 nitrogen and oxygen atoms in total. The van der Waals surface area contributed by atoms with Crippen molar-refractivity contribution in [1.29, 1.82) is 0 Å². The summed E-state index contributed by atoms with van der Waals surface area (Å²) in [6, 6.07) is 24.2. The first kappa shape index (κ1) is 15.6. The van der Waals surface area contributed by atoms with Crippen molar-refractivity contribution in [1.82, 2.24) is 0 Å². The Hall–Kier alpha value is -3.27. The highest BCUT2D eigenvalue weighted by Gasteiger charge is 2.09. The second-order valence-electron chi connectivity index (χ2n) is 5.37. The molecule has 3 rings (SSSR count). The van der Waals surface area contributed by atoms with Crippen molar-refractivity contribution >= 4 is 17.3 Å². The Morgan fingerprint density at radius 1 is 0.875 bits per heavy atom. The van der Waals surface area contributed by atoms with Crippen LogP contribution in [0, 0.1) is 0 Å². The number of amides is 1. The third kappa shape index (κ3) is 4.14. The van der Waals surface area contributed by atoms with Gasteiger partial charge < -0.3 is 15.8 Å². The summed E-state index contributed by atoms with van der Waals surface area (Å²) < 4.78 is 5.79. The first-order valence-corrected chi connectivity index (χ1v) is 7.67. The molecule has 0 aliphatic heterocycles. The minimum atomic E-state index is -0.121. The number of hydrogen-bond donors (Lipinski definition) is 2. The molecule has 4 heteroatoms. The van der Waals surface area contributed by atoms with Crippen molar-refractivity contribution in [3.05, 3.63) is 84.4 Å². The predicted octanol–water partition coefficient (Wildman–Crippen LogP) is 4.24. The molecule has 0 atom stereocenters. The summed E-state index contributed by atoms with van der Waals surface area (Å²) in [6.07, 6.45) is 0.187. The molecular formula is C20H18N2O2. The zero-order valence-corrected chi connectivity index (χ0v) is 13.1. The van der Waals surface area contributed by atoms with Crippen LogP contribution in [0.25, 0.3) is 0 Å². The lowest BCUT2D eigenvalue weighted by Gasteiger charge is -2.10. The van der Waals surface area contributed by atoms with Crippen LogP contribution in [0.2, 0.25) is 0 Å². The number of hydrogen-bond acceptors (Lipinski definition) is 3. The van der Waals surface area contributed by atoms with Crippen molar-refractivity contribution in [2.45, 2.75) is 6.42 Å². The van der Waals surface area contributed by atoms with Gasteiger partial charge in [0, 0.05) is 11.4 Å². The van der Waals surface area contributed by atoms with Crippen molar-refractivity contribution in [2.24, 2.45) is 0 Å². The first-order valence-electron chi connectivity index (χ1n) is 7.67. The molecule has 1 amide bonds. The summed E-state index contributed by atoms with van der Waals surface area (Å²) >= 11 is 0. The number of ether oxygens (including phenoxy) is 1. The van der Waals surface area contributed by atoms with Crippen LogP contribution in [0.15, 0.2) is 78.9 Å². The largest absolute Gasteiger partial charge is 0.457 e. The number of benzene rings is 3. The Morgan fingerprint density at radius 3 is 2.25 bits per heavy atom. The maximum Gasteiger partial charge on any atom is 0.228 e. The van der Waals surface area contributed by atoms with Gasteiger partial charge in [0.15, 0.2) is 0 Å². The van der Waals surface area contributed by atoms with Gasteiger partial charge in [0.25, 0.3) is 0 Å². The van der Waals surface area contributed by atoms with Gasteiger partial charge in [0.05, 0.1) is 6.42 Å². The van der Waals surface area contributed by atoms with Gasteiger partial charge >= 0.3 is 0 Å². The molecule has 0 aliphatic carbocycles. The number of nitrogens with two attached hydrogens (primary N) is 1. The maximum atomic E-state index is 12.2. The van der Waals surface area contributed by atoms with Gasteiger partial charge in [-0.3, -0.25) is 4.79 Å². The second-order valence-corrected chi connectivity index (χ2v) is 5.37. The molecule has 0 heterocycles. The molecule has 0 unspecified atom stereocenters. The maximum absolute atomic E-state index is 12.2. The molecule has 0 saturated heterocycles. The third-order valence-electron chi connectivity index (χ3n) is 3.50. The van der Waals surface area contributed by atoms with Crippen molar-refractivity contribution < 1.29 is 9.53 Å². The van der Waals surface area contributed by atoms with E-state index in [0.717, 1.165) is 17.0 Å². The van der Waals surface area contributed by atoms with Gasteiger partial charge in [-0.25, -0.2) is 0 Å². The minimum Gasteiger partial charge on any atom is -0.457 e. The van der Waals surface area contributed by atoms with Crippen LogP contribution in [-0.2, 0) is 11.2 Å². The quantitative estimate of drug-likeness (QED) is 0.691. The van der Waals surface area contributed by atoms with Gasteiger partial charge in [-0.15, -0.1) is 0 Å². The van der Waals surface area contributed by atoms with E-state index in [9.17, 15) is 4.79 Å². The van der Waals surface area contributed by atoms with E-state index in [1.165, 1.54) is 0 Å². The molecule has 3 aromatic rings. The highest BCUT2D eigenvalue weighted by Crippen LogP contribution is 2.25. The number of carbonyl (C=O) groups is 1. The second kappa shape index (κ2) is 7.33. The average molecular weight is 318 g/mol. The Balaban J connectivity index is 1.71. The van der Waals surface area contributed by atoms with E-state index in [1.807, 2.05) is 60.7 Å². The van der Waals surface area contributed by atoms with Crippen molar-refractivity contribution in [3.63, 3.8) is 0 Å². The summed E-state index contributed by atoms with van der Waals surface area (Å²) in [5.74, 6) is 1.27.